The van der Waals surface area contributed by atoms with E-state index in [0.717, 1.165) is 42.1 Å². The van der Waals surface area contributed by atoms with Gasteiger partial charge in [-0.05, 0) is 72.8 Å². The molecule has 3 saturated carbocycles. The zero-order valence-corrected chi connectivity index (χ0v) is 17.6. The average Bonchev–Trinajstić information content (AvgIpc) is 2.63. The molecule has 2 aromatic rings. The summed E-state index contributed by atoms with van der Waals surface area (Å²) in [5.74, 6) is 0.620. The average molecular weight is 433 g/mol. The second-order valence-corrected chi connectivity index (χ2v) is 9.69. The van der Waals surface area contributed by atoms with Gasteiger partial charge in [0, 0.05) is 25.2 Å². The Labute approximate surface area is 180 Å². The predicted molar refractivity (Wildman–Crippen MR) is 115 cm³/mol. The monoisotopic (exact) mass is 432 g/mol. The van der Waals surface area contributed by atoms with Gasteiger partial charge in [0.1, 0.15) is 5.82 Å². The Morgan fingerprint density at radius 1 is 1.21 bits per heavy atom. The van der Waals surface area contributed by atoms with Gasteiger partial charge in [0.25, 0.3) is 0 Å². The van der Waals surface area contributed by atoms with Crippen LogP contribution < -0.4 is 10.2 Å². The minimum Gasteiger partial charge on any atom is -0.367 e. The molecule has 0 aromatic heterocycles. The number of benzene rings is 2. The van der Waals surface area contributed by atoms with Crippen molar-refractivity contribution in [2.24, 2.45) is 11.3 Å². The van der Waals surface area contributed by atoms with Crippen LogP contribution in [0.25, 0.3) is 0 Å². The smallest absolute Gasteiger partial charge is 0.225 e. The summed E-state index contributed by atoms with van der Waals surface area (Å²) >= 11 is 13.3. The topological polar surface area (TPSA) is 32.3 Å². The lowest BCUT2D eigenvalue weighted by Gasteiger charge is -2.61. The van der Waals surface area contributed by atoms with Crippen LogP contribution in [-0.4, -0.2) is 12.5 Å². The number of anilines is 2. The molecule has 2 bridgehead atoms. The van der Waals surface area contributed by atoms with Gasteiger partial charge in [-0.2, -0.15) is 0 Å². The van der Waals surface area contributed by atoms with Gasteiger partial charge >= 0.3 is 0 Å². The summed E-state index contributed by atoms with van der Waals surface area (Å²) in [6.45, 7) is 1.54. The molecule has 3 aliphatic carbocycles. The van der Waals surface area contributed by atoms with Crippen LogP contribution in [0.3, 0.4) is 0 Å². The van der Waals surface area contributed by atoms with E-state index in [1.807, 2.05) is 6.07 Å². The Kier molecular flexibility index (Phi) is 4.75. The van der Waals surface area contributed by atoms with E-state index in [1.54, 1.807) is 12.1 Å². The van der Waals surface area contributed by atoms with E-state index < -0.39 is 0 Å². The highest BCUT2D eigenvalue weighted by Gasteiger charge is 2.57. The number of fused-ring (bicyclic) bond motifs is 1. The third-order valence-corrected chi connectivity index (χ3v) is 7.46. The lowest BCUT2D eigenvalue weighted by Crippen LogP contribution is -2.53. The summed E-state index contributed by atoms with van der Waals surface area (Å²) < 4.78 is 13.2. The van der Waals surface area contributed by atoms with E-state index in [9.17, 15) is 9.18 Å². The van der Waals surface area contributed by atoms with Gasteiger partial charge in [-0.15, -0.1) is 0 Å². The summed E-state index contributed by atoms with van der Waals surface area (Å²) in [6, 6.07) is 8.45. The van der Waals surface area contributed by atoms with E-state index in [4.69, 9.17) is 23.2 Å². The van der Waals surface area contributed by atoms with Crippen molar-refractivity contribution in [3.8, 4) is 0 Å². The minimum absolute atomic E-state index is 0.00544. The lowest BCUT2D eigenvalue weighted by atomic mass is 9.43. The number of carbonyl (C=O) groups excluding carboxylic acids is 1. The van der Waals surface area contributed by atoms with Crippen LogP contribution in [0.4, 0.5) is 15.8 Å². The number of halogens is 3. The van der Waals surface area contributed by atoms with Crippen LogP contribution >= 0.6 is 23.2 Å². The second kappa shape index (κ2) is 7.17. The normalized spacial score (nSPS) is 24.4. The zero-order valence-electron chi connectivity index (χ0n) is 16.1. The quantitative estimate of drug-likeness (QED) is 0.608. The molecule has 1 aliphatic heterocycles. The Hall–Kier alpha value is -1.78. The van der Waals surface area contributed by atoms with Crippen LogP contribution in [0.2, 0.25) is 10.0 Å². The van der Waals surface area contributed by atoms with Crippen molar-refractivity contribution >= 4 is 40.5 Å². The Morgan fingerprint density at radius 2 is 1.93 bits per heavy atom. The number of carbonyl (C=O) groups is 1. The molecular weight excluding hydrogens is 410 g/mol. The van der Waals surface area contributed by atoms with Crippen molar-refractivity contribution in [1.29, 1.82) is 0 Å². The van der Waals surface area contributed by atoms with Gasteiger partial charge < -0.3 is 10.2 Å². The summed E-state index contributed by atoms with van der Waals surface area (Å²) in [7, 11) is 0. The van der Waals surface area contributed by atoms with Gasteiger partial charge in [-0.1, -0.05) is 35.3 Å². The van der Waals surface area contributed by atoms with Gasteiger partial charge in [0.2, 0.25) is 5.91 Å². The fourth-order valence-corrected chi connectivity index (χ4v) is 5.86. The first kappa shape index (κ1) is 19.2. The number of amides is 1. The Bertz CT molecular complexity index is 959. The van der Waals surface area contributed by atoms with Crippen molar-refractivity contribution in [3.05, 3.63) is 57.3 Å². The number of rotatable bonds is 5. The van der Waals surface area contributed by atoms with Crippen molar-refractivity contribution in [2.45, 2.75) is 45.1 Å². The summed E-state index contributed by atoms with van der Waals surface area (Å²) in [5, 5.41) is 3.99. The molecule has 6 rings (SSSR count). The molecule has 29 heavy (non-hydrogen) atoms. The molecule has 3 nitrogen and oxygen atoms in total. The van der Waals surface area contributed by atoms with E-state index in [2.05, 4.69) is 10.2 Å². The highest BCUT2D eigenvalue weighted by Crippen LogP contribution is 2.66. The SMILES string of the molecule is O=C(CC12CC(C1)C2)Nc1c(Cl)cc2c(c1Cl)CCCN2Cc1ccc(F)cc1. The zero-order chi connectivity index (χ0) is 20.2. The molecule has 1 N–H and O–H groups in total. The van der Waals surface area contributed by atoms with E-state index in [-0.39, 0.29) is 17.1 Å². The van der Waals surface area contributed by atoms with Crippen LogP contribution in [0, 0.1) is 17.2 Å². The number of hydrogen-bond acceptors (Lipinski definition) is 2. The fraction of sp³-hybridized carbons (Fsp3) is 0.435. The van der Waals surface area contributed by atoms with Crippen molar-refractivity contribution < 1.29 is 9.18 Å². The Morgan fingerprint density at radius 3 is 2.59 bits per heavy atom. The molecule has 0 radical (unpaired) electrons. The third kappa shape index (κ3) is 3.51. The minimum atomic E-state index is -0.238. The summed E-state index contributed by atoms with van der Waals surface area (Å²) in [6.07, 6.45) is 5.93. The molecule has 1 heterocycles. The van der Waals surface area contributed by atoms with Gasteiger partial charge in [0.15, 0.2) is 0 Å². The molecule has 0 saturated heterocycles. The molecule has 0 spiro atoms. The summed E-state index contributed by atoms with van der Waals surface area (Å²) in [5.41, 5.74) is 3.82. The predicted octanol–water partition coefficient (Wildman–Crippen LogP) is 6.21. The van der Waals surface area contributed by atoms with E-state index >= 15 is 0 Å². The van der Waals surface area contributed by atoms with Gasteiger partial charge in [-0.3, -0.25) is 4.79 Å². The van der Waals surface area contributed by atoms with Crippen LogP contribution in [0.5, 0.6) is 0 Å². The van der Waals surface area contributed by atoms with Gasteiger partial charge in [-0.25, -0.2) is 4.39 Å². The third-order valence-electron chi connectivity index (χ3n) is 6.74. The molecule has 6 heteroatoms. The molecule has 1 amide bonds. The number of hydrogen-bond donors (Lipinski definition) is 1. The first-order valence-corrected chi connectivity index (χ1v) is 11.0. The van der Waals surface area contributed by atoms with Crippen molar-refractivity contribution in [1.82, 2.24) is 0 Å². The van der Waals surface area contributed by atoms with Crippen LogP contribution in [0.1, 0.15) is 43.2 Å². The molecule has 4 aliphatic rings. The van der Waals surface area contributed by atoms with E-state index in [1.165, 1.54) is 31.4 Å². The molecule has 3 fully saturated rings. The van der Waals surface area contributed by atoms with Crippen LogP contribution in [0.15, 0.2) is 30.3 Å². The first-order valence-electron chi connectivity index (χ1n) is 10.2. The standard InChI is InChI=1S/C23H23Cl2FN2O/c24-18-8-19-17(2-1-7-28(19)13-14-3-5-16(26)6-4-14)21(25)22(18)27-20(29)12-23-9-15(10-23)11-23/h3-6,8,15H,1-2,7,9-13H2,(H,27,29). The van der Waals surface area contributed by atoms with Gasteiger partial charge in [0.05, 0.1) is 15.7 Å². The van der Waals surface area contributed by atoms with Crippen molar-refractivity contribution in [2.75, 3.05) is 16.8 Å². The Balaban J connectivity index is 1.37. The summed E-state index contributed by atoms with van der Waals surface area (Å²) in [4.78, 5) is 14.8. The maximum Gasteiger partial charge on any atom is 0.225 e. The maximum atomic E-state index is 13.2. The first-order chi connectivity index (χ1) is 13.9. The molecule has 2 aromatic carbocycles. The number of nitrogens with one attached hydrogen (secondary N) is 1. The fourth-order valence-electron chi connectivity index (χ4n) is 5.22. The second-order valence-electron chi connectivity index (χ2n) is 8.90. The lowest BCUT2D eigenvalue weighted by molar-refractivity contribution is -0.139. The largest absolute Gasteiger partial charge is 0.367 e. The van der Waals surface area contributed by atoms with Crippen molar-refractivity contribution in [3.63, 3.8) is 0 Å². The maximum absolute atomic E-state index is 13.2. The van der Waals surface area contributed by atoms with Crippen LogP contribution in [-0.2, 0) is 17.8 Å². The highest BCUT2D eigenvalue weighted by atomic mass is 35.5. The highest BCUT2D eigenvalue weighted by molar-refractivity contribution is 6.41. The molecule has 0 unspecified atom stereocenters. The molecular formula is C23H23Cl2FN2O. The molecule has 152 valence electrons. The number of nitrogens with zero attached hydrogens (tertiary/aromatic N) is 1. The van der Waals surface area contributed by atoms with E-state index in [0.29, 0.717) is 28.7 Å². The molecule has 0 atom stereocenters.